The first-order valence-electron chi connectivity index (χ1n) is 5.54. The van der Waals surface area contributed by atoms with E-state index >= 15 is 0 Å². The van der Waals surface area contributed by atoms with Gasteiger partial charge in [0, 0.05) is 24.5 Å². The fourth-order valence-corrected chi connectivity index (χ4v) is 1.68. The molecule has 4 heteroatoms. The first-order valence-corrected chi connectivity index (χ1v) is 5.54. The standard InChI is InChI=1S/C12H15N3O/c1-2-3-10(16)8-9-4-5-11-12(15-9)14-7-6-13-11/h4-7,10,16H,2-3,8H2,1H3. The van der Waals surface area contributed by atoms with Crippen molar-refractivity contribution in [1.29, 1.82) is 0 Å². The summed E-state index contributed by atoms with van der Waals surface area (Å²) < 4.78 is 0. The van der Waals surface area contributed by atoms with Gasteiger partial charge in [-0.25, -0.2) is 9.97 Å². The summed E-state index contributed by atoms with van der Waals surface area (Å²) >= 11 is 0. The summed E-state index contributed by atoms with van der Waals surface area (Å²) in [6.45, 7) is 2.06. The maximum absolute atomic E-state index is 9.70. The van der Waals surface area contributed by atoms with Crippen molar-refractivity contribution in [2.24, 2.45) is 0 Å². The van der Waals surface area contributed by atoms with Crippen molar-refractivity contribution in [3.8, 4) is 0 Å². The molecule has 4 nitrogen and oxygen atoms in total. The lowest BCUT2D eigenvalue weighted by atomic mass is 10.1. The molecular weight excluding hydrogens is 202 g/mol. The van der Waals surface area contributed by atoms with Gasteiger partial charge in [-0.2, -0.15) is 0 Å². The molecule has 0 fully saturated rings. The molecule has 0 saturated heterocycles. The Bertz CT molecular complexity index is 473. The average molecular weight is 217 g/mol. The number of nitrogens with zero attached hydrogens (tertiary/aromatic N) is 3. The number of aliphatic hydroxyl groups excluding tert-OH is 1. The first kappa shape index (κ1) is 11.0. The zero-order chi connectivity index (χ0) is 11.4. The molecule has 2 heterocycles. The molecule has 0 spiro atoms. The number of hydrogen-bond acceptors (Lipinski definition) is 4. The zero-order valence-corrected chi connectivity index (χ0v) is 9.30. The minimum atomic E-state index is -0.313. The molecule has 1 unspecified atom stereocenters. The fraction of sp³-hybridized carbons (Fsp3) is 0.417. The van der Waals surface area contributed by atoms with E-state index in [9.17, 15) is 5.11 Å². The summed E-state index contributed by atoms with van der Waals surface area (Å²) in [6.07, 6.45) is 5.33. The number of pyridine rings is 1. The quantitative estimate of drug-likeness (QED) is 0.847. The lowest BCUT2D eigenvalue weighted by molar-refractivity contribution is 0.163. The van der Waals surface area contributed by atoms with Crippen molar-refractivity contribution in [2.45, 2.75) is 32.3 Å². The van der Waals surface area contributed by atoms with Gasteiger partial charge in [0.25, 0.3) is 0 Å². The Morgan fingerprint density at radius 3 is 2.88 bits per heavy atom. The molecule has 0 radical (unpaired) electrons. The predicted octanol–water partition coefficient (Wildman–Crippen LogP) is 1.73. The van der Waals surface area contributed by atoms with Crippen LogP contribution in [0.3, 0.4) is 0 Å². The smallest absolute Gasteiger partial charge is 0.178 e. The first-order chi connectivity index (χ1) is 7.79. The van der Waals surface area contributed by atoms with E-state index in [1.165, 1.54) is 0 Å². The van der Waals surface area contributed by atoms with Gasteiger partial charge in [0.05, 0.1) is 6.10 Å². The SMILES string of the molecule is CCCC(O)Cc1ccc2nccnc2n1. The van der Waals surface area contributed by atoms with Gasteiger partial charge >= 0.3 is 0 Å². The molecule has 16 heavy (non-hydrogen) atoms. The number of aliphatic hydroxyl groups is 1. The van der Waals surface area contributed by atoms with Crippen molar-refractivity contribution < 1.29 is 5.11 Å². The van der Waals surface area contributed by atoms with Crippen molar-refractivity contribution in [2.75, 3.05) is 0 Å². The van der Waals surface area contributed by atoms with E-state index in [0.717, 1.165) is 24.1 Å². The maximum Gasteiger partial charge on any atom is 0.178 e. The van der Waals surface area contributed by atoms with Crippen LogP contribution >= 0.6 is 0 Å². The van der Waals surface area contributed by atoms with Crippen molar-refractivity contribution >= 4 is 11.2 Å². The minimum absolute atomic E-state index is 0.313. The van der Waals surface area contributed by atoms with Crippen LogP contribution in [0.25, 0.3) is 11.2 Å². The number of hydrogen-bond donors (Lipinski definition) is 1. The van der Waals surface area contributed by atoms with Gasteiger partial charge in [-0.3, -0.25) is 4.98 Å². The summed E-state index contributed by atoms with van der Waals surface area (Å²) in [5, 5.41) is 9.70. The van der Waals surface area contributed by atoms with Gasteiger partial charge in [-0.05, 0) is 18.6 Å². The van der Waals surface area contributed by atoms with E-state index in [2.05, 4.69) is 21.9 Å². The summed E-state index contributed by atoms with van der Waals surface area (Å²) in [6, 6.07) is 3.79. The third kappa shape index (κ3) is 2.52. The Balaban J connectivity index is 2.19. The van der Waals surface area contributed by atoms with Crippen LogP contribution < -0.4 is 0 Å². The van der Waals surface area contributed by atoms with Crippen LogP contribution in [0.4, 0.5) is 0 Å². The van der Waals surface area contributed by atoms with E-state index in [4.69, 9.17) is 0 Å². The Morgan fingerprint density at radius 1 is 1.25 bits per heavy atom. The van der Waals surface area contributed by atoms with Crippen molar-refractivity contribution in [3.05, 3.63) is 30.2 Å². The van der Waals surface area contributed by atoms with E-state index in [1.807, 2.05) is 12.1 Å². The normalized spacial score (nSPS) is 12.9. The summed E-state index contributed by atoms with van der Waals surface area (Å²) in [7, 11) is 0. The third-order valence-corrected chi connectivity index (χ3v) is 2.46. The Morgan fingerprint density at radius 2 is 2.06 bits per heavy atom. The van der Waals surface area contributed by atoms with Crippen LogP contribution in [-0.2, 0) is 6.42 Å². The number of fused-ring (bicyclic) bond motifs is 1. The highest BCUT2D eigenvalue weighted by atomic mass is 16.3. The van der Waals surface area contributed by atoms with Crippen LogP contribution in [-0.4, -0.2) is 26.2 Å². The van der Waals surface area contributed by atoms with Crippen molar-refractivity contribution in [3.63, 3.8) is 0 Å². The lowest BCUT2D eigenvalue weighted by Crippen LogP contribution is -2.11. The van der Waals surface area contributed by atoms with Gasteiger partial charge in [0.15, 0.2) is 5.65 Å². The van der Waals surface area contributed by atoms with Crippen LogP contribution in [0.2, 0.25) is 0 Å². The molecular formula is C12H15N3O. The van der Waals surface area contributed by atoms with Crippen LogP contribution in [0.5, 0.6) is 0 Å². The molecule has 0 saturated carbocycles. The number of aromatic nitrogens is 3. The largest absolute Gasteiger partial charge is 0.393 e. The van der Waals surface area contributed by atoms with E-state index in [1.54, 1.807) is 12.4 Å². The molecule has 0 amide bonds. The van der Waals surface area contributed by atoms with Crippen LogP contribution in [0.1, 0.15) is 25.5 Å². The second-order valence-corrected chi connectivity index (χ2v) is 3.85. The lowest BCUT2D eigenvalue weighted by Gasteiger charge is -2.08. The molecule has 0 aromatic carbocycles. The Kier molecular flexibility index (Phi) is 3.41. The van der Waals surface area contributed by atoms with Gasteiger partial charge in [-0.15, -0.1) is 0 Å². The molecule has 84 valence electrons. The van der Waals surface area contributed by atoms with E-state index in [-0.39, 0.29) is 6.10 Å². The van der Waals surface area contributed by atoms with Crippen molar-refractivity contribution in [1.82, 2.24) is 15.0 Å². The average Bonchev–Trinajstić information content (AvgIpc) is 2.29. The molecule has 2 aromatic heterocycles. The Hall–Kier alpha value is -1.55. The summed E-state index contributed by atoms with van der Waals surface area (Å²) in [5.41, 5.74) is 2.30. The highest BCUT2D eigenvalue weighted by Crippen LogP contribution is 2.09. The van der Waals surface area contributed by atoms with Gasteiger partial charge < -0.3 is 5.11 Å². The van der Waals surface area contributed by atoms with E-state index < -0.39 is 0 Å². The molecule has 1 N–H and O–H groups in total. The Labute approximate surface area is 94.4 Å². The summed E-state index contributed by atoms with van der Waals surface area (Å²) in [5.74, 6) is 0. The highest BCUT2D eigenvalue weighted by molar-refractivity contribution is 5.68. The number of rotatable bonds is 4. The zero-order valence-electron chi connectivity index (χ0n) is 9.30. The monoisotopic (exact) mass is 217 g/mol. The minimum Gasteiger partial charge on any atom is -0.393 e. The summed E-state index contributed by atoms with van der Waals surface area (Å²) in [4.78, 5) is 12.7. The molecule has 2 rings (SSSR count). The molecule has 1 atom stereocenters. The predicted molar refractivity (Wildman–Crippen MR) is 62.0 cm³/mol. The fourth-order valence-electron chi connectivity index (χ4n) is 1.68. The van der Waals surface area contributed by atoms with Gasteiger partial charge in [0.2, 0.25) is 0 Å². The highest BCUT2D eigenvalue weighted by Gasteiger charge is 2.06. The third-order valence-electron chi connectivity index (χ3n) is 2.46. The van der Waals surface area contributed by atoms with E-state index in [0.29, 0.717) is 12.1 Å². The topological polar surface area (TPSA) is 58.9 Å². The van der Waals surface area contributed by atoms with Crippen LogP contribution in [0, 0.1) is 0 Å². The molecule has 0 aliphatic rings. The second-order valence-electron chi connectivity index (χ2n) is 3.85. The molecule has 2 aromatic rings. The molecule has 0 aliphatic carbocycles. The second kappa shape index (κ2) is 4.99. The van der Waals surface area contributed by atoms with Gasteiger partial charge in [-0.1, -0.05) is 13.3 Å². The maximum atomic E-state index is 9.70. The molecule has 0 bridgehead atoms. The van der Waals surface area contributed by atoms with Gasteiger partial charge in [0.1, 0.15) is 5.52 Å². The molecule has 0 aliphatic heterocycles. The van der Waals surface area contributed by atoms with Crippen LogP contribution in [0.15, 0.2) is 24.5 Å².